The number of hydrogen-bond donors (Lipinski definition) is 1. The molecule has 2 aromatic carbocycles. The van der Waals surface area contributed by atoms with E-state index in [2.05, 4.69) is 11.8 Å². The molecule has 0 aliphatic carbocycles. The Labute approximate surface area is 189 Å². The van der Waals surface area contributed by atoms with Crippen LogP contribution in [-0.2, 0) is 18.3 Å². The van der Waals surface area contributed by atoms with Crippen molar-refractivity contribution >= 4 is 0 Å². The summed E-state index contributed by atoms with van der Waals surface area (Å²) in [5.74, 6) is 0.197. The Kier molecular flexibility index (Phi) is 8.79. The van der Waals surface area contributed by atoms with Gasteiger partial charge in [0, 0.05) is 32.3 Å². The van der Waals surface area contributed by atoms with Crippen LogP contribution in [0.1, 0.15) is 25.8 Å². The molecule has 0 aliphatic rings. The summed E-state index contributed by atoms with van der Waals surface area (Å²) in [6, 6.07) is 16.2. The monoisotopic (exact) mass is 441 g/mol. The van der Waals surface area contributed by atoms with Gasteiger partial charge in [0.2, 0.25) is 5.88 Å². The van der Waals surface area contributed by atoms with Crippen molar-refractivity contribution in [2.75, 3.05) is 26.3 Å². The van der Waals surface area contributed by atoms with E-state index in [4.69, 9.17) is 14.6 Å². The average molecular weight is 442 g/mol. The summed E-state index contributed by atoms with van der Waals surface area (Å²) >= 11 is 0. The van der Waals surface area contributed by atoms with Crippen molar-refractivity contribution in [2.45, 2.75) is 32.9 Å². The first kappa shape index (κ1) is 23.9. The van der Waals surface area contributed by atoms with Crippen LogP contribution in [0.2, 0.25) is 0 Å². The lowest BCUT2D eigenvalue weighted by atomic mass is 10.1. The van der Waals surface area contributed by atoms with Gasteiger partial charge in [0.15, 0.2) is 11.6 Å². The van der Waals surface area contributed by atoms with Crippen LogP contribution in [0.4, 0.5) is 4.39 Å². The quantitative estimate of drug-likeness (QED) is 0.444. The van der Waals surface area contributed by atoms with Crippen molar-refractivity contribution < 1.29 is 19.0 Å². The Balaban J connectivity index is 1.97. The third-order valence-electron chi connectivity index (χ3n) is 5.08. The second kappa shape index (κ2) is 11.8. The Morgan fingerprint density at radius 3 is 2.50 bits per heavy atom. The standard InChI is InChI=1S/C25H32FN3O3/c1-4-15-29(16-20(30)18-31-5-2)17-21-24(19-11-7-6-8-12-19)27-28(3)25(21)32-23-14-10-9-13-22(23)26/h6-14,20,30H,4-5,15-18H2,1-3H3/t20-/m0/s1. The summed E-state index contributed by atoms with van der Waals surface area (Å²) in [6.07, 6.45) is 0.320. The number of aryl methyl sites for hydroxylation is 1. The molecular weight excluding hydrogens is 409 g/mol. The molecule has 6 nitrogen and oxygen atoms in total. The average Bonchev–Trinajstić information content (AvgIpc) is 3.09. The van der Waals surface area contributed by atoms with Crippen LogP contribution in [0.5, 0.6) is 11.6 Å². The third-order valence-corrected chi connectivity index (χ3v) is 5.08. The van der Waals surface area contributed by atoms with Crippen LogP contribution in [0.3, 0.4) is 0 Å². The highest BCUT2D eigenvalue weighted by atomic mass is 19.1. The number of benzene rings is 2. The van der Waals surface area contributed by atoms with Crippen molar-refractivity contribution in [1.29, 1.82) is 0 Å². The van der Waals surface area contributed by atoms with Crippen LogP contribution in [0.25, 0.3) is 11.3 Å². The van der Waals surface area contributed by atoms with Gasteiger partial charge in [-0.2, -0.15) is 5.10 Å². The SMILES string of the molecule is CCCN(Cc1c(-c2ccccc2)nn(C)c1Oc1ccccc1F)C[C@H](O)COCC. The first-order valence-corrected chi connectivity index (χ1v) is 11.0. The molecule has 0 aliphatic heterocycles. The third kappa shape index (κ3) is 6.16. The molecule has 1 aromatic heterocycles. The number of aliphatic hydroxyl groups excluding tert-OH is 1. The molecule has 172 valence electrons. The lowest BCUT2D eigenvalue weighted by Gasteiger charge is -2.25. The first-order chi connectivity index (χ1) is 15.5. The molecule has 0 spiro atoms. The summed E-state index contributed by atoms with van der Waals surface area (Å²) in [5.41, 5.74) is 2.58. The van der Waals surface area contributed by atoms with Crippen molar-refractivity contribution in [3.05, 3.63) is 66.0 Å². The number of aromatic nitrogens is 2. The number of rotatable bonds is 12. The summed E-state index contributed by atoms with van der Waals surface area (Å²) in [6.45, 7) is 6.59. The number of hydrogen-bond acceptors (Lipinski definition) is 5. The van der Waals surface area contributed by atoms with Crippen molar-refractivity contribution in [3.63, 3.8) is 0 Å². The van der Waals surface area contributed by atoms with E-state index in [-0.39, 0.29) is 12.4 Å². The van der Waals surface area contributed by atoms with Gasteiger partial charge < -0.3 is 14.6 Å². The predicted molar refractivity (Wildman–Crippen MR) is 123 cm³/mol. The predicted octanol–water partition coefficient (Wildman–Crippen LogP) is 4.63. The molecule has 0 unspecified atom stereocenters. The number of para-hydroxylation sites is 1. The molecule has 32 heavy (non-hydrogen) atoms. The zero-order valence-corrected chi connectivity index (χ0v) is 19.0. The van der Waals surface area contributed by atoms with E-state index in [0.29, 0.717) is 25.6 Å². The molecule has 0 radical (unpaired) electrons. The van der Waals surface area contributed by atoms with E-state index in [1.807, 2.05) is 37.3 Å². The maximum Gasteiger partial charge on any atom is 0.222 e. The molecule has 0 bridgehead atoms. The highest BCUT2D eigenvalue weighted by Crippen LogP contribution is 2.35. The zero-order chi connectivity index (χ0) is 22.9. The van der Waals surface area contributed by atoms with Crippen LogP contribution in [0, 0.1) is 5.82 Å². The zero-order valence-electron chi connectivity index (χ0n) is 19.0. The highest BCUT2D eigenvalue weighted by Gasteiger charge is 2.23. The molecule has 0 saturated heterocycles. The van der Waals surface area contributed by atoms with Crippen molar-refractivity contribution in [1.82, 2.24) is 14.7 Å². The minimum atomic E-state index is -0.603. The minimum Gasteiger partial charge on any atom is -0.436 e. The van der Waals surface area contributed by atoms with Gasteiger partial charge >= 0.3 is 0 Å². The topological polar surface area (TPSA) is 59.8 Å². The fraction of sp³-hybridized carbons (Fsp3) is 0.400. The molecule has 1 N–H and O–H groups in total. The number of halogens is 1. The lowest BCUT2D eigenvalue weighted by Crippen LogP contribution is -2.35. The molecule has 3 aromatic rings. The molecule has 0 amide bonds. The van der Waals surface area contributed by atoms with Gasteiger partial charge in [-0.15, -0.1) is 0 Å². The Morgan fingerprint density at radius 2 is 1.81 bits per heavy atom. The van der Waals surface area contributed by atoms with Gasteiger partial charge in [0.25, 0.3) is 0 Å². The highest BCUT2D eigenvalue weighted by molar-refractivity contribution is 5.65. The second-order valence-electron chi connectivity index (χ2n) is 7.70. The Hall–Kier alpha value is -2.74. The van der Waals surface area contributed by atoms with Gasteiger partial charge in [0.05, 0.1) is 18.3 Å². The second-order valence-corrected chi connectivity index (χ2v) is 7.70. The first-order valence-electron chi connectivity index (χ1n) is 11.0. The largest absolute Gasteiger partial charge is 0.436 e. The smallest absolute Gasteiger partial charge is 0.222 e. The number of ether oxygens (including phenoxy) is 2. The van der Waals surface area contributed by atoms with E-state index < -0.39 is 11.9 Å². The summed E-state index contributed by atoms with van der Waals surface area (Å²) < 4.78 is 27.4. The van der Waals surface area contributed by atoms with E-state index in [1.54, 1.807) is 29.9 Å². The van der Waals surface area contributed by atoms with Gasteiger partial charge in [-0.3, -0.25) is 4.90 Å². The normalized spacial score (nSPS) is 12.3. The summed E-state index contributed by atoms with van der Waals surface area (Å²) in [4.78, 5) is 2.15. The van der Waals surface area contributed by atoms with Crippen LogP contribution < -0.4 is 4.74 Å². The van der Waals surface area contributed by atoms with Crippen molar-refractivity contribution in [3.8, 4) is 22.9 Å². The molecular formula is C25H32FN3O3. The van der Waals surface area contributed by atoms with Gasteiger partial charge in [0.1, 0.15) is 5.69 Å². The minimum absolute atomic E-state index is 0.148. The number of nitrogens with zero attached hydrogens (tertiary/aromatic N) is 3. The molecule has 1 heterocycles. The molecule has 7 heteroatoms. The fourth-order valence-electron chi connectivity index (χ4n) is 3.66. The summed E-state index contributed by atoms with van der Waals surface area (Å²) in [5, 5.41) is 15.1. The van der Waals surface area contributed by atoms with Crippen LogP contribution in [0.15, 0.2) is 54.6 Å². The van der Waals surface area contributed by atoms with E-state index in [1.165, 1.54) is 6.07 Å². The lowest BCUT2D eigenvalue weighted by molar-refractivity contribution is 0.0195. The van der Waals surface area contributed by atoms with E-state index in [0.717, 1.165) is 29.8 Å². The Bertz CT molecular complexity index is 978. The van der Waals surface area contributed by atoms with Gasteiger partial charge in [-0.25, -0.2) is 9.07 Å². The van der Waals surface area contributed by atoms with Gasteiger partial charge in [-0.1, -0.05) is 49.4 Å². The summed E-state index contributed by atoms with van der Waals surface area (Å²) in [7, 11) is 1.79. The molecule has 0 fully saturated rings. The maximum atomic E-state index is 14.3. The van der Waals surface area contributed by atoms with Crippen molar-refractivity contribution in [2.24, 2.45) is 7.05 Å². The molecule has 1 atom stereocenters. The van der Waals surface area contributed by atoms with E-state index >= 15 is 0 Å². The molecule has 0 saturated carbocycles. The Morgan fingerprint density at radius 1 is 1.09 bits per heavy atom. The van der Waals surface area contributed by atoms with Crippen LogP contribution >= 0.6 is 0 Å². The van der Waals surface area contributed by atoms with Crippen LogP contribution in [-0.4, -0.2) is 52.2 Å². The number of aliphatic hydroxyl groups is 1. The maximum absolute atomic E-state index is 14.3. The fourth-order valence-corrected chi connectivity index (χ4v) is 3.66. The molecule has 3 rings (SSSR count). The van der Waals surface area contributed by atoms with Gasteiger partial charge in [-0.05, 0) is 32.0 Å². The van der Waals surface area contributed by atoms with E-state index in [9.17, 15) is 9.50 Å².